The molecule has 2 heterocycles. The van der Waals surface area contributed by atoms with E-state index in [1.165, 1.54) is 18.0 Å². The number of amides is 5. The summed E-state index contributed by atoms with van der Waals surface area (Å²) in [6.45, 7) is 1.26. The minimum atomic E-state index is -1.53. The maximum absolute atomic E-state index is 14.5. The van der Waals surface area contributed by atoms with Crippen LogP contribution in [0.3, 0.4) is 0 Å². The second kappa shape index (κ2) is 9.13. The Morgan fingerprint density at radius 1 is 1.14 bits per heavy atom. The fourth-order valence-electron chi connectivity index (χ4n) is 5.62. The lowest BCUT2D eigenvalue weighted by Gasteiger charge is -2.30. The standard InChI is InChI=1S/C26H26F2N4O5/c1-14-3-8-21(18-6-4-16(27)12-20(18)28)32(14)22(33)13-31-23(34)26(37-25(31)36)10-9-15-11-17(5-7-19(15)26)30-24(35)29-2/h4-7,11-12,14,21H,3,8-10,13H2,1-2H3,(H2,29,30,35)/t14-,21+,26?/m0/s1. The molecule has 2 aromatic carbocycles. The Kier molecular flexibility index (Phi) is 6.09. The molecule has 2 saturated heterocycles. The number of benzene rings is 2. The molecule has 2 aromatic rings. The van der Waals surface area contributed by atoms with E-state index in [-0.39, 0.29) is 18.0 Å². The van der Waals surface area contributed by atoms with Crippen LogP contribution in [0.15, 0.2) is 36.4 Å². The third-order valence-corrected chi connectivity index (χ3v) is 7.42. The summed E-state index contributed by atoms with van der Waals surface area (Å²) >= 11 is 0. The van der Waals surface area contributed by atoms with E-state index in [0.29, 0.717) is 30.5 Å². The molecule has 2 fully saturated rings. The van der Waals surface area contributed by atoms with Crippen LogP contribution in [0.25, 0.3) is 0 Å². The van der Waals surface area contributed by atoms with Crippen molar-refractivity contribution in [2.24, 2.45) is 0 Å². The van der Waals surface area contributed by atoms with Crippen LogP contribution in [0.1, 0.15) is 48.9 Å². The van der Waals surface area contributed by atoms with E-state index >= 15 is 0 Å². The number of ether oxygens (including phenoxy) is 1. The number of nitrogens with zero attached hydrogens (tertiary/aromatic N) is 2. The molecule has 2 aliphatic heterocycles. The molecule has 0 aromatic heterocycles. The van der Waals surface area contributed by atoms with Crippen LogP contribution < -0.4 is 10.6 Å². The average Bonchev–Trinajstić information content (AvgIpc) is 3.49. The summed E-state index contributed by atoms with van der Waals surface area (Å²) < 4.78 is 33.5. The summed E-state index contributed by atoms with van der Waals surface area (Å²) in [7, 11) is 1.49. The van der Waals surface area contributed by atoms with Gasteiger partial charge in [-0.05, 0) is 49.9 Å². The van der Waals surface area contributed by atoms with E-state index in [0.717, 1.165) is 22.6 Å². The normalized spacial score (nSPS) is 24.4. The fourth-order valence-corrected chi connectivity index (χ4v) is 5.62. The molecule has 1 aliphatic carbocycles. The SMILES string of the molecule is CNC(=O)Nc1ccc2c(c1)CCC21OC(=O)N(CC(=O)N2[C@@H](c3ccc(F)cc3F)CC[C@@H]2C)C1=O. The highest BCUT2D eigenvalue weighted by atomic mass is 19.1. The Morgan fingerprint density at radius 2 is 1.92 bits per heavy atom. The highest BCUT2D eigenvalue weighted by Crippen LogP contribution is 2.46. The van der Waals surface area contributed by atoms with E-state index in [1.807, 2.05) is 6.92 Å². The minimum Gasteiger partial charge on any atom is -0.427 e. The van der Waals surface area contributed by atoms with Crippen molar-refractivity contribution in [1.82, 2.24) is 15.1 Å². The van der Waals surface area contributed by atoms with Gasteiger partial charge in [0.25, 0.3) is 5.91 Å². The van der Waals surface area contributed by atoms with Gasteiger partial charge in [0.15, 0.2) is 0 Å². The van der Waals surface area contributed by atoms with Crippen molar-refractivity contribution in [3.05, 3.63) is 64.7 Å². The quantitative estimate of drug-likeness (QED) is 0.651. The van der Waals surface area contributed by atoms with Crippen molar-refractivity contribution >= 4 is 29.6 Å². The number of halogens is 2. The van der Waals surface area contributed by atoms with Crippen LogP contribution in [-0.4, -0.2) is 53.4 Å². The Labute approximate surface area is 211 Å². The first-order chi connectivity index (χ1) is 17.6. The number of carbonyl (C=O) groups excluding carboxylic acids is 4. The summed E-state index contributed by atoms with van der Waals surface area (Å²) in [6.07, 6.45) is 0.793. The molecule has 9 nitrogen and oxygen atoms in total. The van der Waals surface area contributed by atoms with Gasteiger partial charge in [0.05, 0.1) is 6.04 Å². The molecule has 0 saturated carbocycles. The number of likely N-dealkylation sites (tertiary alicyclic amines) is 1. The monoisotopic (exact) mass is 512 g/mol. The number of fused-ring (bicyclic) bond motifs is 2. The Hall–Kier alpha value is -4.02. The largest absolute Gasteiger partial charge is 0.427 e. The zero-order valence-corrected chi connectivity index (χ0v) is 20.3. The van der Waals surface area contributed by atoms with Gasteiger partial charge in [0.2, 0.25) is 11.5 Å². The molecular formula is C26H26F2N4O5. The van der Waals surface area contributed by atoms with Crippen molar-refractivity contribution in [1.29, 1.82) is 0 Å². The number of hydrogen-bond acceptors (Lipinski definition) is 5. The zero-order valence-electron chi connectivity index (χ0n) is 20.3. The van der Waals surface area contributed by atoms with Crippen molar-refractivity contribution in [3.8, 4) is 0 Å². The molecule has 5 amide bonds. The van der Waals surface area contributed by atoms with Gasteiger partial charge in [-0.3, -0.25) is 9.59 Å². The smallest absolute Gasteiger partial charge is 0.418 e. The van der Waals surface area contributed by atoms with Gasteiger partial charge < -0.3 is 20.3 Å². The van der Waals surface area contributed by atoms with Crippen LogP contribution in [0.4, 0.5) is 24.1 Å². The highest BCUT2D eigenvalue weighted by molar-refractivity contribution is 6.06. The highest BCUT2D eigenvalue weighted by Gasteiger charge is 2.58. The molecule has 3 aliphatic rings. The predicted molar refractivity (Wildman–Crippen MR) is 127 cm³/mol. The van der Waals surface area contributed by atoms with Gasteiger partial charge >= 0.3 is 12.1 Å². The lowest BCUT2D eigenvalue weighted by molar-refractivity contribution is -0.143. The number of urea groups is 1. The van der Waals surface area contributed by atoms with Gasteiger partial charge in [-0.25, -0.2) is 23.3 Å². The molecule has 11 heteroatoms. The third kappa shape index (κ3) is 4.08. The maximum atomic E-state index is 14.5. The van der Waals surface area contributed by atoms with Crippen LogP contribution in [-0.2, 0) is 26.3 Å². The second-order valence-corrected chi connectivity index (χ2v) is 9.57. The van der Waals surface area contributed by atoms with E-state index < -0.39 is 53.8 Å². The van der Waals surface area contributed by atoms with E-state index in [4.69, 9.17) is 4.74 Å². The molecule has 194 valence electrons. The van der Waals surface area contributed by atoms with Crippen molar-refractivity contribution < 1.29 is 32.7 Å². The number of aryl methyl sites for hydroxylation is 1. The molecular weight excluding hydrogens is 486 g/mol. The van der Waals surface area contributed by atoms with E-state index in [2.05, 4.69) is 10.6 Å². The Balaban J connectivity index is 1.36. The molecule has 1 unspecified atom stereocenters. The first-order valence-corrected chi connectivity index (χ1v) is 12.1. The van der Waals surface area contributed by atoms with Crippen LogP contribution in [0.2, 0.25) is 0 Å². The Morgan fingerprint density at radius 3 is 2.65 bits per heavy atom. The minimum absolute atomic E-state index is 0.191. The lowest BCUT2D eigenvalue weighted by Crippen LogP contribution is -2.46. The van der Waals surface area contributed by atoms with Crippen molar-refractivity contribution in [2.75, 3.05) is 18.9 Å². The van der Waals surface area contributed by atoms with Gasteiger partial charge in [-0.15, -0.1) is 0 Å². The average molecular weight is 513 g/mol. The maximum Gasteiger partial charge on any atom is 0.418 e. The number of hydrogen-bond donors (Lipinski definition) is 2. The molecule has 3 atom stereocenters. The summed E-state index contributed by atoms with van der Waals surface area (Å²) in [4.78, 5) is 53.6. The summed E-state index contributed by atoms with van der Waals surface area (Å²) in [5.74, 6) is -2.62. The van der Waals surface area contributed by atoms with E-state index in [9.17, 15) is 28.0 Å². The fraction of sp³-hybridized carbons (Fsp3) is 0.385. The number of rotatable bonds is 4. The summed E-state index contributed by atoms with van der Waals surface area (Å²) in [5.41, 5.74) is 0.460. The van der Waals surface area contributed by atoms with Crippen molar-refractivity contribution in [2.45, 2.75) is 50.3 Å². The Bertz CT molecular complexity index is 1320. The number of imide groups is 1. The molecule has 0 radical (unpaired) electrons. The van der Waals surface area contributed by atoms with Crippen LogP contribution in [0, 0.1) is 11.6 Å². The first-order valence-electron chi connectivity index (χ1n) is 12.1. The summed E-state index contributed by atoms with van der Waals surface area (Å²) in [6, 6.07) is 6.93. The number of carbonyl (C=O) groups is 4. The lowest BCUT2D eigenvalue weighted by atomic mass is 9.94. The van der Waals surface area contributed by atoms with Crippen LogP contribution in [0.5, 0.6) is 0 Å². The predicted octanol–water partition coefficient (Wildman–Crippen LogP) is 3.59. The number of nitrogens with one attached hydrogen (secondary N) is 2. The van der Waals surface area contributed by atoms with Gasteiger partial charge in [0.1, 0.15) is 18.2 Å². The van der Waals surface area contributed by atoms with Crippen LogP contribution >= 0.6 is 0 Å². The molecule has 0 bridgehead atoms. The zero-order chi connectivity index (χ0) is 26.5. The molecule has 2 N–H and O–H groups in total. The summed E-state index contributed by atoms with van der Waals surface area (Å²) in [5, 5.41) is 5.12. The topological polar surface area (TPSA) is 108 Å². The molecule has 37 heavy (non-hydrogen) atoms. The third-order valence-electron chi connectivity index (χ3n) is 7.42. The molecule has 1 spiro atoms. The molecule has 5 rings (SSSR count). The second-order valence-electron chi connectivity index (χ2n) is 9.57. The van der Waals surface area contributed by atoms with Gasteiger partial charge in [0, 0.05) is 42.4 Å². The number of anilines is 1. The van der Waals surface area contributed by atoms with Crippen molar-refractivity contribution in [3.63, 3.8) is 0 Å². The van der Waals surface area contributed by atoms with E-state index in [1.54, 1.807) is 18.2 Å². The first kappa shape index (κ1) is 24.7. The van der Waals surface area contributed by atoms with Gasteiger partial charge in [-0.2, -0.15) is 0 Å². The van der Waals surface area contributed by atoms with Gasteiger partial charge in [-0.1, -0.05) is 12.1 Å².